The fourth-order valence-electron chi connectivity index (χ4n) is 3.76. The molecular formula is C28H26F3N5O4. The summed E-state index contributed by atoms with van der Waals surface area (Å²) in [5.74, 6) is 0.00284. The molecule has 0 spiro atoms. The van der Waals surface area contributed by atoms with Gasteiger partial charge in [0.05, 0.1) is 18.9 Å². The quantitative estimate of drug-likeness (QED) is 0.162. The maximum Gasteiger partial charge on any atom is 0.573 e. The zero-order valence-corrected chi connectivity index (χ0v) is 21.7. The molecule has 1 aromatic heterocycles. The number of aromatic nitrogens is 3. The van der Waals surface area contributed by atoms with Gasteiger partial charge in [0.1, 0.15) is 17.8 Å². The fourth-order valence-corrected chi connectivity index (χ4v) is 3.76. The monoisotopic (exact) mass is 553 g/mol. The zero-order chi connectivity index (χ0) is 28.9. The van der Waals surface area contributed by atoms with E-state index in [1.165, 1.54) is 35.3 Å². The molecule has 0 saturated heterocycles. The first-order chi connectivity index (χ1) is 19.0. The summed E-state index contributed by atoms with van der Waals surface area (Å²) in [6.45, 7) is 4.01. The van der Waals surface area contributed by atoms with Crippen LogP contribution in [-0.4, -0.2) is 39.3 Å². The summed E-state index contributed by atoms with van der Waals surface area (Å²) in [6.07, 6.45) is -2.30. The lowest BCUT2D eigenvalue weighted by molar-refractivity contribution is -0.274. The Morgan fingerprint density at radius 3 is 2.30 bits per heavy atom. The molecule has 0 atom stereocenters. The van der Waals surface area contributed by atoms with E-state index >= 15 is 0 Å². The normalized spacial score (nSPS) is 11.8. The first-order valence-corrected chi connectivity index (χ1v) is 12.1. The molecule has 1 amide bonds. The minimum atomic E-state index is -4.77. The molecule has 0 bridgehead atoms. The molecule has 208 valence electrons. The van der Waals surface area contributed by atoms with Crippen LogP contribution in [-0.2, 0) is 4.79 Å². The standard InChI is InChI=1S/C28H26F3N5O4/c1-17(2)23-14-22(39-3)12-13-24(23)34-26(38)15-25(37)33-19-6-4-18(5-7-19)27-32-16-36(35-27)20-8-10-21(11-9-20)40-28(29,30)31/h4-17,34,38H,1-3H3,(H,33,37)/b26-15+. The van der Waals surface area contributed by atoms with Crippen LogP contribution in [0.1, 0.15) is 25.3 Å². The number of hydrogen-bond donors (Lipinski definition) is 3. The predicted octanol–water partition coefficient (Wildman–Crippen LogP) is 6.41. The van der Waals surface area contributed by atoms with Gasteiger partial charge in [-0.15, -0.1) is 18.3 Å². The summed E-state index contributed by atoms with van der Waals surface area (Å²) in [4.78, 5) is 16.7. The summed E-state index contributed by atoms with van der Waals surface area (Å²) in [5, 5.41) is 20.2. The molecule has 40 heavy (non-hydrogen) atoms. The molecule has 0 unspecified atom stereocenters. The Bertz CT molecular complexity index is 1500. The topological polar surface area (TPSA) is 111 Å². The maximum atomic E-state index is 12.4. The van der Waals surface area contributed by atoms with Gasteiger partial charge in [0.2, 0.25) is 0 Å². The molecule has 3 aromatic carbocycles. The molecule has 0 aliphatic carbocycles. The Morgan fingerprint density at radius 2 is 1.68 bits per heavy atom. The van der Waals surface area contributed by atoms with Crippen LogP contribution in [0.3, 0.4) is 0 Å². The van der Waals surface area contributed by atoms with Crippen LogP contribution in [0.5, 0.6) is 11.5 Å². The first kappa shape index (κ1) is 28.0. The van der Waals surface area contributed by atoms with Gasteiger partial charge < -0.3 is 25.2 Å². The van der Waals surface area contributed by atoms with Crippen LogP contribution in [0.2, 0.25) is 0 Å². The summed E-state index contributed by atoms with van der Waals surface area (Å²) >= 11 is 0. The summed E-state index contributed by atoms with van der Waals surface area (Å²) in [6, 6.07) is 17.3. The first-order valence-electron chi connectivity index (χ1n) is 12.1. The van der Waals surface area contributed by atoms with Gasteiger partial charge in [0.25, 0.3) is 5.91 Å². The molecule has 0 saturated carbocycles. The number of rotatable bonds is 9. The highest BCUT2D eigenvalue weighted by Crippen LogP contribution is 2.29. The Morgan fingerprint density at radius 1 is 1.00 bits per heavy atom. The van der Waals surface area contributed by atoms with Crippen molar-refractivity contribution in [1.29, 1.82) is 0 Å². The number of carbonyl (C=O) groups excluding carboxylic acids is 1. The van der Waals surface area contributed by atoms with Gasteiger partial charge in [-0.25, -0.2) is 9.67 Å². The van der Waals surface area contributed by atoms with E-state index in [0.717, 1.165) is 11.6 Å². The van der Waals surface area contributed by atoms with Gasteiger partial charge in [-0.2, -0.15) is 0 Å². The Balaban J connectivity index is 1.38. The van der Waals surface area contributed by atoms with Gasteiger partial charge in [-0.1, -0.05) is 13.8 Å². The Labute approximate surface area is 227 Å². The number of amides is 1. The lowest BCUT2D eigenvalue weighted by atomic mass is 10.0. The Kier molecular flexibility index (Phi) is 8.27. The van der Waals surface area contributed by atoms with Crippen molar-refractivity contribution in [2.75, 3.05) is 17.7 Å². The second-order valence-electron chi connectivity index (χ2n) is 8.88. The van der Waals surface area contributed by atoms with E-state index in [1.807, 2.05) is 19.9 Å². The van der Waals surface area contributed by atoms with Gasteiger partial charge in [0, 0.05) is 16.9 Å². The number of benzene rings is 3. The molecular weight excluding hydrogens is 527 g/mol. The number of nitrogens with one attached hydrogen (secondary N) is 2. The number of hydrogen-bond acceptors (Lipinski definition) is 7. The van der Waals surface area contributed by atoms with Gasteiger partial charge in [-0.3, -0.25) is 4.79 Å². The van der Waals surface area contributed by atoms with Crippen molar-refractivity contribution in [2.24, 2.45) is 0 Å². The third-order valence-corrected chi connectivity index (χ3v) is 5.65. The van der Waals surface area contributed by atoms with Crippen molar-refractivity contribution in [3.8, 4) is 28.6 Å². The molecule has 1 heterocycles. The van der Waals surface area contributed by atoms with Crippen molar-refractivity contribution >= 4 is 17.3 Å². The van der Waals surface area contributed by atoms with E-state index in [0.29, 0.717) is 34.2 Å². The van der Waals surface area contributed by atoms with E-state index < -0.39 is 12.3 Å². The van der Waals surface area contributed by atoms with Gasteiger partial charge >= 0.3 is 6.36 Å². The van der Waals surface area contributed by atoms with Gasteiger partial charge in [0.15, 0.2) is 11.7 Å². The van der Waals surface area contributed by atoms with Gasteiger partial charge in [-0.05, 0) is 78.2 Å². The minimum Gasteiger partial charge on any atom is -0.497 e. The molecule has 3 N–H and O–H groups in total. The van der Waals surface area contributed by atoms with Crippen LogP contribution in [0.15, 0.2) is 85.0 Å². The van der Waals surface area contributed by atoms with E-state index in [1.54, 1.807) is 43.5 Å². The highest BCUT2D eigenvalue weighted by Gasteiger charge is 2.31. The SMILES string of the molecule is COc1ccc(N/C(O)=C\C(=O)Nc2ccc(-c3ncn(-c4ccc(OC(F)(F)F)cc4)n3)cc2)c(C(C)C)c1. The minimum absolute atomic E-state index is 0.150. The van der Waals surface area contributed by atoms with Crippen molar-refractivity contribution < 1.29 is 32.5 Å². The van der Waals surface area contributed by atoms with Crippen LogP contribution in [0.4, 0.5) is 24.5 Å². The molecule has 0 fully saturated rings. The van der Waals surface area contributed by atoms with Crippen molar-refractivity contribution in [3.63, 3.8) is 0 Å². The number of aliphatic hydroxyl groups is 1. The summed E-state index contributed by atoms with van der Waals surface area (Å²) < 4.78 is 47.6. The molecule has 0 aliphatic heterocycles. The van der Waals surface area contributed by atoms with Crippen LogP contribution in [0.25, 0.3) is 17.1 Å². The predicted molar refractivity (Wildman–Crippen MR) is 144 cm³/mol. The number of carbonyl (C=O) groups is 1. The zero-order valence-electron chi connectivity index (χ0n) is 21.7. The summed E-state index contributed by atoms with van der Waals surface area (Å²) in [5.41, 5.74) is 3.19. The molecule has 0 radical (unpaired) electrons. The number of alkyl halides is 3. The van der Waals surface area contributed by atoms with Crippen LogP contribution in [0, 0.1) is 0 Å². The lowest BCUT2D eigenvalue weighted by Crippen LogP contribution is -2.17. The third-order valence-electron chi connectivity index (χ3n) is 5.65. The van der Waals surface area contributed by atoms with E-state index in [2.05, 4.69) is 25.5 Å². The second kappa shape index (κ2) is 11.8. The smallest absolute Gasteiger partial charge is 0.497 e. The Hall–Kier alpha value is -5.00. The highest BCUT2D eigenvalue weighted by molar-refractivity contribution is 5.99. The highest BCUT2D eigenvalue weighted by atomic mass is 19.4. The number of aliphatic hydroxyl groups excluding tert-OH is 1. The average Bonchev–Trinajstić information content (AvgIpc) is 3.39. The van der Waals surface area contributed by atoms with Crippen molar-refractivity contribution in [1.82, 2.24) is 14.8 Å². The molecule has 4 aromatic rings. The molecule has 0 aliphatic rings. The largest absolute Gasteiger partial charge is 0.573 e. The van der Waals surface area contributed by atoms with Crippen LogP contribution >= 0.6 is 0 Å². The molecule has 9 nitrogen and oxygen atoms in total. The van der Waals surface area contributed by atoms with Crippen molar-refractivity contribution in [2.45, 2.75) is 26.1 Å². The number of nitrogens with zero attached hydrogens (tertiary/aromatic N) is 3. The van der Waals surface area contributed by atoms with E-state index in [9.17, 15) is 23.1 Å². The third kappa shape index (κ3) is 7.31. The number of halogens is 3. The van der Waals surface area contributed by atoms with Crippen LogP contribution < -0.4 is 20.1 Å². The number of ether oxygens (including phenoxy) is 2. The lowest BCUT2D eigenvalue weighted by Gasteiger charge is -2.15. The molecule has 4 rings (SSSR count). The second-order valence-corrected chi connectivity index (χ2v) is 8.88. The van der Waals surface area contributed by atoms with E-state index in [-0.39, 0.29) is 17.6 Å². The van der Waals surface area contributed by atoms with E-state index in [4.69, 9.17) is 4.74 Å². The fraction of sp³-hybridized carbons (Fsp3) is 0.179. The maximum absolute atomic E-state index is 12.4. The number of anilines is 2. The average molecular weight is 554 g/mol. The molecule has 12 heteroatoms. The summed E-state index contributed by atoms with van der Waals surface area (Å²) in [7, 11) is 1.58. The van der Waals surface area contributed by atoms with Crippen molar-refractivity contribution in [3.05, 3.63) is 90.6 Å². The number of methoxy groups -OCH3 is 1.